The molecule has 8 heavy (non-hydrogen) atoms. The molecule has 0 bridgehead atoms. The number of carbonyl (C=O) groups excluding carboxylic acids is 1. The molecule has 0 aliphatic carbocycles. The maximum Gasteiger partial charge on any atom is 0.302 e. The molecule has 0 amide bonds. The fourth-order valence-electron chi connectivity index (χ4n) is 0.189. The van der Waals surface area contributed by atoms with Crippen molar-refractivity contribution in [3.63, 3.8) is 0 Å². The molecule has 3 nitrogen and oxygen atoms in total. The average Bonchev–Trinajstić information content (AvgIpc) is 1.61. The van der Waals surface area contributed by atoms with Gasteiger partial charge in [-0.15, -0.1) is 0 Å². The van der Waals surface area contributed by atoms with Gasteiger partial charge < -0.3 is 9.84 Å². The van der Waals surface area contributed by atoms with Gasteiger partial charge in [0.25, 0.3) is 0 Å². The zero-order valence-corrected chi connectivity index (χ0v) is 7.85. The fourth-order valence-corrected chi connectivity index (χ4v) is 0.189. The predicted molar refractivity (Wildman–Crippen MR) is 23.7 cm³/mol. The van der Waals surface area contributed by atoms with Crippen molar-refractivity contribution in [1.29, 1.82) is 0 Å². The van der Waals surface area contributed by atoms with E-state index in [1.165, 1.54) is 6.92 Å². The summed E-state index contributed by atoms with van der Waals surface area (Å²) in [5.41, 5.74) is 0. The Morgan fingerprint density at radius 3 is 2.38 bits per heavy atom. The number of aliphatic hydroxyl groups is 1. The van der Waals surface area contributed by atoms with E-state index in [4.69, 9.17) is 5.11 Å². The third kappa shape index (κ3) is 9.41. The van der Waals surface area contributed by atoms with Crippen LogP contribution in [0.5, 0.6) is 0 Å². The monoisotopic (exact) mass is 168 g/mol. The number of aliphatic hydroxyl groups excluding tert-OH is 1. The summed E-state index contributed by atoms with van der Waals surface area (Å²) in [7, 11) is 0. The summed E-state index contributed by atoms with van der Waals surface area (Å²) in [5, 5.41) is 8.04. The van der Waals surface area contributed by atoms with Gasteiger partial charge in [0.1, 0.15) is 6.61 Å². The van der Waals surface area contributed by atoms with E-state index in [0.717, 1.165) is 0 Å². The molecule has 4 heteroatoms. The van der Waals surface area contributed by atoms with E-state index in [0.29, 0.717) is 0 Å². The van der Waals surface area contributed by atoms with E-state index in [1.54, 1.807) is 0 Å². The van der Waals surface area contributed by atoms with Crippen LogP contribution in [-0.4, -0.2) is 24.3 Å². The van der Waals surface area contributed by atoms with E-state index in [-0.39, 0.29) is 38.7 Å². The first-order valence-electron chi connectivity index (χ1n) is 2.01. The minimum Gasteiger partial charge on any atom is -0.463 e. The van der Waals surface area contributed by atoms with Crippen LogP contribution in [0.2, 0.25) is 0 Å². The van der Waals surface area contributed by atoms with Crippen molar-refractivity contribution in [2.24, 2.45) is 0 Å². The number of ether oxygens (including phenoxy) is 1. The van der Waals surface area contributed by atoms with E-state index >= 15 is 0 Å². The largest absolute Gasteiger partial charge is 0.463 e. The predicted octanol–water partition coefficient (Wildman–Crippen LogP) is -0.461. The Balaban J connectivity index is 0. The van der Waals surface area contributed by atoms with Crippen LogP contribution >= 0.6 is 0 Å². The summed E-state index contributed by atoms with van der Waals surface area (Å²) in [6, 6.07) is 0. The Morgan fingerprint density at radius 2 is 2.25 bits per heavy atom. The van der Waals surface area contributed by atoms with Gasteiger partial charge in [-0.2, -0.15) is 0 Å². The number of carbonyl (C=O) groups is 1. The molecule has 0 radical (unpaired) electrons. The Labute approximate surface area is 60.8 Å². The van der Waals surface area contributed by atoms with Crippen LogP contribution in [0.1, 0.15) is 6.92 Å². The van der Waals surface area contributed by atoms with Gasteiger partial charge in [-0.25, -0.2) is 0 Å². The van der Waals surface area contributed by atoms with Crippen LogP contribution in [-0.2, 0) is 29.0 Å². The smallest absolute Gasteiger partial charge is 0.302 e. The van der Waals surface area contributed by atoms with Crippen molar-refractivity contribution in [2.45, 2.75) is 6.92 Å². The summed E-state index contributed by atoms with van der Waals surface area (Å²) >= 11 is 0. The zero-order chi connectivity index (χ0) is 5.70. The molecule has 44 valence electrons. The van der Waals surface area contributed by atoms with Crippen molar-refractivity contribution >= 4 is 5.97 Å². The fraction of sp³-hybridized carbons (Fsp3) is 0.750. The van der Waals surface area contributed by atoms with E-state index in [1.807, 2.05) is 0 Å². The molecule has 0 spiro atoms. The number of esters is 1. The molecule has 0 saturated heterocycles. The van der Waals surface area contributed by atoms with Crippen molar-refractivity contribution < 1.29 is 34.1 Å². The first-order valence-corrected chi connectivity index (χ1v) is 2.01. The molecule has 0 rings (SSSR count). The molecular formula is C4H8O3Zn. The molecule has 1 N–H and O–H groups in total. The Kier molecular flexibility index (Phi) is 9.64. The van der Waals surface area contributed by atoms with Gasteiger partial charge in [0.05, 0.1) is 6.61 Å². The maximum atomic E-state index is 9.87. The first kappa shape index (κ1) is 10.9. The second-order valence-corrected chi connectivity index (χ2v) is 1.06. The van der Waals surface area contributed by atoms with Crippen molar-refractivity contribution in [2.75, 3.05) is 13.2 Å². The van der Waals surface area contributed by atoms with Crippen LogP contribution in [0.3, 0.4) is 0 Å². The Bertz CT molecular complexity index is 64.3. The van der Waals surface area contributed by atoms with Crippen LogP contribution in [0.15, 0.2) is 0 Å². The van der Waals surface area contributed by atoms with Crippen LogP contribution in [0, 0.1) is 0 Å². The number of hydrogen-bond acceptors (Lipinski definition) is 3. The van der Waals surface area contributed by atoms with Gasteiger partial charge >= 0.3 is 5.97 Å². The van der Waals surface area contributed by atoms with Crippen LogP contribution < -0.4 is 0 Å². The van der Waals surface area contributed by atoms with Crippen molar-refractivity contribution in [1.82, 2.24) is 0 Å². The molecule has 0 aromatic heterocycles. The van der Waals surface area contributed by atoms with E-state index in [9.17, 15) is 4.79 Å². The van der Waals surface area contributed by atoms with Gasteiger partial charge in [-0.1, -0.05) is 0 Å². The molecule has 0 atom stereocenters. The second-order valence-electron chi connectivity index (χ2n) is 1.06. The summed E-state index contributed by atoms with van der Waals surface area (Å²) in [6.45, 7) is 1.31. The first-order chi connectivity index (χ1) is 3.27. The van der Waals surface area contributed by atoms with Gasteiger partial charge in [-0.05, 0) is 0 Å². The van der Waals surface area contributed by atoms with Crippen molar-refractivity contribution in [3.05, 3.63) is 0 Å². The number of hydrogen-bond donors (Lipinski definition) is 1. The molecular weight excluding hydrogens is 161 g/mol. The maximum absolute atomic E-state index is 9.87. The molecule has 0 saturated carbocycles. The zero-order valence-electron chi connectivity index (χ0n) is 4.89. The standard InChI is InChI=1S/C4H8O3.Zn/c1-4(6)7-3-2-5;/h5H,2-3H2,1H3;. The topological polar surface area (TPSA) is 46.5 Å². The van der Waals surface area contributed by atoms with Crippen LogP contribution in [0.25, 0.3) is 0 Å². The minimum absolute atomic E-state index is 0. The molecule has 0 heterocycles. The summed E-state index contributed by atoms with van der Waals surface area (Å²) in [4.78, 5) is 9.87. The normalized spacial score (nSPS) is 7.25. The molecule has 0 aromatic rings. The number of rotatable bonds is 2. The van der Waals surface area contributed by atoms with E-state index < -0.39 is 0 Å². The van der Waals surface area contributed by atoms with Crippen molar-refractivity contribution in [3.8, 4) is 0 Å². The second kappa shape index (κ2) is 7.05. The third-order valence-electron chi connectivity index (χ3n) is 0.397. The molecule has 0 aromatic carbocycles. The van der Waals surface area contributed by atoms with Gasteiger partial charge in [0.15, 0.2) is 0 Å². The van der Waals surface area contributed by atoms with Gasteiger partial charge in [0, 0.05) is 26.4 Å². The summed E-state index contributed by atoms with van der Waals surface area (Å²) < 4.78 is 4.30. The van der Waals surface area contributed by atoms with Crippen LogP contribution in [0.4, 0.5) is 0 Å². The van der Waals surface area contributed by atoms with Gasteiger partial charge in [-0.3, -0.25) is 4.79 Å². The summed E-state index contributed by atoms with van der Waals surface area (Å²) in [6.07, 6.45) is 0. The third-order valence-corrected chi connectivity index (χ3v) is 0.397. The average molecular weight is 169 g/mol. The molecule has 0 unspecified atom stereocenters. The SMILES string of the molecule is CC(=O)OCCO.[Zn]. The van der Waals surface area contributed by atoms with E-state index in [2.05, 4.69) is 4.74 Å². The Morgan fingerprint density at radius 1 is 1.75 bits per heavy atom. The molecule has 0 fully saturated rings. The molecule has 0 aliphatic rings. The quantitative estimate of drug-likeness (QED) is 0.450. The molecule has 0 aliphatic heterocycles. The Hall–Kier alpha value is 0.0534. The summed E-state index contributed by atoms with van der Waals surface area (Å²) in [5.74, 6) is -0.353. The minimum atomic E-state index is -0.353. The van der Waals surface area contributed by atoms with Gasteiger partial charge in [0.2, 0.25) is 0 Å².